The van der Waals surface area contributed by atoms with Crippen molar-refractivity contribution >= 4 is 28.2 Å². The molecule has 15 heavy (non-hydrogen) atoms. The number of benzene rings is 1. The van der Waals surface area contributed by atoms with Crippen LogP contribution in [-0.4, -0.2) is 19.6 Å². The van der Waals surface area contributed by atoms with Crippen LogP contribution < -0.4 is 0 Å². The normalized spacial score (nSPS) is 11.3. The van der Waals surface area contributed by atoms with Crippen molar-refractivity contribution in [1.82, 2.24) is 19.6 Å². The summed E-state index contributed by atoms with van der Waals surface area (Å²) in [4.78, 5) is 8.42. The summed E-state index contributed by atoms with van der Waals surface area (Å²) in [5, 5.41) is 5.31. The molecule has 0 saturated carbocycles. The maximum Gasteiger partial charge on any atom is 0.226 e. The van der Waals surface area contributed by atoms with Crippen LogP contribution in [0.3, 0.4) is 0 Å². The first kappa shape index (κ1) is 8.61. The fourth-order valence-corrected chi connectivity index (χ4v) is 1.85. The third-order valence-corrected chi connectivity index (χ3v) is 2.57. The first-order chi connectivity index (χ1) is 7.25. The van der Waals surface area contributed by atoms with Gasteiger partial charge in [-0.3, -0.25) is 0 Å². The van der Waals surface area contributed by atoms with Crippen LogP contribution >= 0.6 is 11.6 Å². The summed E-state index contributed by atoms with van der Waals surface area (Å²) in [5.41, 5.74) is 2.75. The molecule has 0 aliphatic rings. The van der Waals surface area contributed by atoms with Crippen molar-refractivity contribution in [3.63, 3.8) is 0 Å². The Hall–Kier alpha value is -1.68. The van der Waals surface area contributed by atoms with Gasteiger partial charge in [0.15, 0.2) is 5.65 Å². The summed E-state index contributed by atoms with van der Waals surface area (Å²) in [6.45, 7) is 2.03. The first-order valence-corrected chi connectivity index (χ1v) is 4.89. The van der Waals surface area contributed by atoms with Crippen molar-refractivity contribution < 1.29 is 0 Å². The van der Waals surface area contributed by atoms with Crippen LogP contribution in [0.25, 0.3) is 16.6 Å². The van der Waals surface area contributed by atoms with Gasteiger partial charge in [0.1, 0.15) is 6.33 Å². The number of halogens is 1. The third kappa shape index (κ3) is 1.18. The van der Waals surface area contributed by atoms with Gasteiger partial charge in [-0.2, -0.15) is 9.61 Å². The lowest BCUT2D eigenvalue weighted by atomic mass is 10.2. The summed E-state index contributed by atoms with van der Waals surface area (Å²) >= 11 is 5.97. The van der Waals surface area contributed by atoms with E-state index in [0.29, 0.717) is 5.28 Å². The van der Waals surface area contributed by atoms with E-state index in [-0.39, 0.29) is 0 Å². The predicted octanol–water partition coefficient (Wildman–Crippen LogP) is 2.24. The lowest BCUT2D eigenvalue weighted by Gasteiger charge is -2.01. The highest BCUT2D eigenvalue weighted by Crippen LogP contribution is 2.20. The van der Waals surface area contributed by atoms with Crippen LogP contribution in [0.1, 0.15) is 5.56 Å². The number of fused-ring (bicyclic) bond motifs is 3. The molecule has 3 aromatic rings. The lowest BCUT2D eigenvalue weighted by Crippen LogP contribution is -1.94. The van der Waals surface area contributed by atoms with Crippen LogP contribution in [0.5, 0.6) is 0 Å². The van der Waals surface area contributed by atoms with E-state index in [0.717, 1.165) is 22.1 Å². The zero-order valence-electron chi connectivity index (χ0n) is 7.98. The van der Waals surface area contributed by atoms with Gasteiger partial charge in [-0.15, -0.1) is 0 Å². The molecule has 0 fully saturated rings. The highest BCUT2D eigenvalue weighted by molar-refractivity contribution is 6.29. The lowest BCUT2D eigenvalue weighted by molar-refractivity contribution is 0.935. The van der Waals surface area contributed by atoms with Crippen LogP contribution in [0, 0.1) is 6.92 Å². The maximum absolute atomic E-state index is 5.97. The topological polar surface area (TPSA) is 43.1 Å². The largest absolute Gasteiger partial charge is 0.226 e. The molecule has 1 aromatic carbocycles. The van der Waals surface area contributed by atoms with Crippen molar-refractivity contribution in [2.24, 2.45) is 0 Å². The molecule has 0 atom stereocenters. The second kappa shape index (κ2) is 2.90. The van der Waals surface area contributed by atoms with Gasteiger partial charge in [0.2, 0.25) is 5.28 Å². The molecule has 4 nitrogen and oxygen atoms in total. The number of hydrogen-bond donors (Lipinski definition) is 0. The molecule has 0 unspecified atom stereocenters. The Morgan fingerprint density at radius 3 is 3.07 bits per heavy atom. The molecular formula is C10H7ClN4. The van der Waals surface area contributed by atoms with Gasteiger partial charge in [-0.05, 0) is 30.7 Å². The highest BCUT2D eigenvalue weighted by Gasteiger charge is 2.07. The summed E-state index contributed by atoms with van der Waals surface area (Å²) in [7, 11) is 0. The van der Waals surface area contributed by atoms with Crippen LogP contribution in [0.4, 0.5) is 0 Å². The first-order valence-electron chi connectivity index (χ1n) is 4.51. The Balaban J connectivity index is 2.61. The van der Waals surface area contributed by atoms with Gasteiger partial charge >= 0.3 is 0 Å². The minimum Gasteiger partial charge on any atom is -0.218 e. The Labute approximate surface area is 90.5 Å². The fourth-order valence-electron chi connectivity index (χ4n) is 1.63. The molecular weight excluding hydrogens is 212 g/mol. The third-order valence-electron chi connectivity index (χ3n) is 2.33. The highest BCUT2D eigenvalue weighted by atomic mass is 35.5. The molecule has 0 aliphatic heterocycles. The van der Waals surface area contributed by atoms with Gasteiger partial charge in [0, 0.05) is 5.39 Å². The summed E-state index contributed by atoms with van der Waals surface area (Å²) in [5.74, 6) is 0. The number of aromatic nitrogens is 4. The maximum atomic E-state index is 5.97. The fraction of sp³-hybridized carbons (Fsp3) is 0.100. The number of aryl methyl sites for hydroxylation is 1. The molecule has 0 amide bonds. The molecule has 0 aliphatic carbocycles. The molecule has 0 saturated heterocycles. The van der Waals surface area contributed by atoms with Gasteiger partial charge in [0.05, 0.1) is 5.52 Å². The van der Waals surface area contributed by atoms with Crippen molar-refractivity contribution in [3.05, 3.63) is 35.4 Å². The predicted molar refractivity (Wildman–Crippen MR) is 58.0 cm³/mol. The van der Waals surface area contributed by atoms with Crippen molar-refractivity contribution in [2.45, 2.75) is 6.92 Å². The number of nitrogens with zero attached hydrogens (tertiary/aromatic N) is 4. The van der Waals surface area contributed by atoms with Gasteiger partial charge in [-0.25, -0.2) is 9.97 Å². The average Bonchev–Trinajstić information content (AvgIpc) is 2.69. The molecule has 74 valence electrons. The Morgan fingerprint density at radius 2 is 2.20 bits per heavy atom. The Morgan fingerprint density at radius 1 is 1.33 bits per heavy atom. The summed E-state index contributed by atoms with van der Waals surface area (Å²) in [6, 6.07) is 5.96. The molecule has 5 heteroatoms. The average molecular weight is 219 g/mol. The molecule has 0 spiro atoms. The zero-order valence-corrected chi connectivity index (χ0v) is 8.73. The number of hydrogen-bond acceptors (Lipinski definition) is 3. The van der Waals surface area contributed by atoms with Crippen LogP contribution in [0.2, 0.25) is 5.28 Å². The van der Waals surface area contributed by atoms with Crippen molar-refractivity contribution in [2.75, 3.05) is 0 Å². The van der Waals surface area contributed by atoms with Gasteiger partial charge in [0.25, 0.3) is 0 Å². The molecule has 0 radical (unpaired) electrons. The number of rotatable bonds is 0. The van der Waals surface area contributed by atoms with E-state index in [1.807, 2.05) is 25.1 Å². The molecule has 0 N–H and O–H groups in total. The quantitative estimate of drug-likeness (QED) is 0.544. The monoisotopic (exact) mass is 218 g/mol. The minimum absolute atomic E-state index is 0.332. The van der Waals surface area contributed by atoms with Crippen molar-refractivity contribution in [3.8, 4) is 0 Å². The summed E-state index contributed by atoms with van der Waals surface area (Å²) in [6.07, 6.45) is 1.48. The second-order valence-electron chi connectivity index (χ2n) is 3.40. The van der Waals surface area contributed by atoms with E-state index in [1.54, 1.807) is 0 Å². The van der Waals surface area contributed by atoms with E-state index in [2.05, 4.69) is 15.1 Å². The van der Waals surface area contributed by atoms with Crippen LogP contribution in [-0.2, 0) is 0 Å². The van der Waals surface area contributed by atoms with E-state index in [1.165, 1.54) is 10.8 Å². The SMILES string of the molecule is Cc1ccc2nc(Cl)n3ncnc3c2c1. The standard InChI is InChI=1S/C10H7ClN4/c1-6-2-3-8-7(4-6)9-12-5-13-15(9)10(11)14-8/h2-5H,1H3. The van der Waals surface area contributed by atoms with Crippen LogP contribution in [0.15, 0.2) is 24.5 Å². The Bertz CT molecular complexity index is 659. The molecule has 2 aromatic heterocycles. The Kier molecular flexibility index (Phi) is 1.67. The van der Waals surface area contributed by atoms with Gasteiger partial charge in [-0.1, -0.05) is 11.6 Å². The molecule has 2 heterocycles. The van der Waals surface area contributed by atoms with E-state index in [4.69, 9.17) is 11.6 Å². The minimum atomic E-state index is 0.332. The smallest absolute Gasteiger partial charge is 0.218 e. The zero-order chi connectivity index (χ0) is 10.4. The summed E-state index contributed by atoms with van der Waals surface area (Å²) < 4.78 is 1.53. The molecule has 0 bridgehead atoms. The van der Waals surface area contributed by atoms with E-state index < -0.39 is 0 Å². The second-order valence-corrected chi connectivity index (χ2v) is 3.73. The van der Waals surface area contributed by atoms with Gasteiger partial charge < -0.3 is 0 Å². The van der Waals surface area contributed by atoms with E-state index in [9.17, 15) is 0 Å². The molecule has 3 rings (SSSR count). The van der Waals surface area contributed by atoms with Crippen molar-refractivity contribution in [1.29, 1.82) is 0 Å². The van der Waals surface area contributed by atoms with E-state index >= 15 is 0 Å².